The monoisotopic (exact) mass is 306 g/mol. The molecule has 2 N–H and O–H groups in total. The molecule has 0 aliphatic heterocycles. The summed E-state index contributed by atoms with van der Waals surface area (Å²) < 4.78 is 5.72. The number of aliphatic hydroxyl groups excluding tert-OH is 1. The van der Waals surface area contributed by atoms with Gasteiger partial charge in [-0.3, -0.25) is 0 Å². The number of carbonyl (C=O) groups is 1. The number of nitrogens with zero attached hydrogens (tertiary/aromatic N) is 1. The Labute approximate surface area is 132 Å². The molecule has 1 saturated carbocycles. The van der Waals surface area contributed by atoms with Gasteiger partial charge in [-0.1, -0.05) is 13.0 Å². The number of nitrogens with one attached hydrogen (secondary N) is 1. The Kier molecular flexibility index (Phi) is 6.07. The number of rotatable bonds is 8. The van der Waals surface area contributed by atoms with Crippen LogP contribution in [-0.2, 0) is 0 Å². The SMILES string of the molecule is CCCOc1cc(C)ccc1NC(=O)N(CCO)CC1CC1. The largest absolute Gasteiger partial charge is 0.491 e. The highest BCUT2D eigenvalue weighted by molar-refractivity contribution is 5.91. The van der Waals surface area contributed by atoms with Crippen molar-refractivity contribution in [3.63, 3.8) is 0 Å². The molecule has 0 saturated heterocycles. The van der Waals surface area contributed by atoms with E-state index in [1.54, 1.807) is 4.90 Å². The van der Waals surface area contributed by atoms with E-state index in [2.05, 4.69) is 5.32 Å². The molecular formula is C17H26N2O3. The summed E-state index contributed by atoms with van der Waals surface area (Å²) in [6.07, 6.45) is 3.26. The van der Waals surface area contributed by atoms with E-state index in [4.69, 9.17) is 9.84 Å². The van der Waals surface area contributed by atoms with Crippen LogP contribution < -0.4 is 10.1 Å². The van der Waals surface area contributed by atoms with Crippen LogP contribution in [0.4, 0.5) is 10.5 Å². The van der Waals surface area contributed by atoms with Gasteiger partial charge in [0.2, 0.25) is 0 Å². The van der Waals surface area contributed by atoms with Gasteiger partial charge < -0.3 is 20.1 Å². The summed E-state index contributed by atoms with van der Waals surface area (Å²) >= 11 is 0. The fourth-order valence-electron chi connectivity index (χ4n) is 2.27. The van der Waals surface area contributed by atoms with Gasteiger partial charge >= 0.3 is 6.03 Å². The molecule has 2 rings (SSSR count). The molecule has 122 valence electrons. The van der Waals surface area contributed by atoms with Crippen molar-refractivity contribution in [2.24, 2.45) is 5.92 Å². The number of benzene rings is 1. The van der Waals surface area contributed by atoms with Crippen molar-refractivity contribution in [2.45, 2.75) is 33.1 Å². The summed E-state index contributed by atoms with van der Waals surface area (Å²) in [6.45, 7) is 5.72. The van der Waals surface area contributed by atoms with Crippen LogP contribution >= 0.6 is 0 Å². The molecule has 1 fully saturated rings. The molecule has 1 aromatic carbocycles. The van der Waals surface area contributed by atoms with Gasteiger partial charge in [0.25, 0.3) is 0 Å². The lowest BCUT2D eigenvalue weighted by atomic mass is 10.2. The van der Waals surface area contributed by atoms with E-state index >= 15 is 0 Å². The van der Waals surface area contributed by atoms with E-state index in [1.807, 2.05) is 32.0 Å². The van der Waals surface area contributed by atoms with Gasteiger partial charge in [-0.05, 0) is 49.8 Å². The Hall–Kier alpha value is -1.75. The smallest absolute Gasteiger partial charge is 0.322 e. The van der Waals surface area contributed by atoms with Gasteiger partial charge in [0.05, 0.1) is 18.9 Å². The Morgan fingerprint density at radius 3 is 2.86 bits per heavy atom. The third kappa shape index (κ3) is 4.91. The van der Waals surface area contributed by atoms with Crippen molar-refractivity contribution in [3.05, 3.63) is 23.8 Å². The molecule has 1 aliphatic rings. The average Bonchev–Trinajstić information content (AvgIpc) is 3.31. The Balaban J connectivity index is 2.04. The number of aliphatic hydroxyl groups is 1. The second-order valence-electron chi connectivity index (χ2n) is 5.89. The van der Waals surface area contributed by atoms with Crippen molar-refractivity contribution >= 4 is 11.7 Å². The molecule has 5 heteroatoms. The van der Waals surface area contributed by atoms with Crippen molar-refractivity contribution in [1.82, 2.24) is 4.90 Å². The molecular weight excluding hydrogens is 280 g/mol. The van der Waals surface area contributed by atoms with Gasteiger partial charge in [-0.25, -0.2) is 4.79 Å². The van der Waals surface area contributed by atoms with E-state index in [0.29, 0.717) is 37.1 Å². The molecule has 0 radical (unpaired) electrons. The molecule has 0 bridgehead atoms. The van der Waals surface area contributed by atoms with Crippen LogP contribution in [0.5, 0.6) is 5.75 Å². The summed E-state index contributed by atoms with van der Waals surface area (Å²) in [5.41, 5.74) is 1.78. The first-order chi connectivity index (χ1) is 10.6. The number of aryl methyl sites for hydroxylation is 1. The van der Waals surface area contributed by atoms with Crippen molar-refractivity contribution < 1.29 is 14.6 Å². The summed E-state index contributed by atoms with van der Waals surface area (Å²) in [5, 5.41) is 12.1. The lowest BCUT2D eigenvalue weighted by Crippen LogP contribution is -2.38. The minimum Gasteiger partial charge on any atom is -0.491 e. The number of anilines is 1. The Bertz CT molecular complexity index is 501. The first-order valence-corrected chi connectivity index (χ1v) is 8.04. The quantitative estimate of drug-likeness (QED) is 0.776. The maximum Gasteiger partial charge on any atom is 0.322 e. The molecule has 0 unspecified atom stereocenters. The zero-order valence-electron chi connectivity index (χ0n) is 13.5. The van der Waals surface area contributed by atoms with E-state index in [9.17, 15) is 4.79 Å². The summed E-state index contributed by atoms with van der Waals surface area (Å²) in [4.78, 5) is 14.1. The normalized spacial score (nSPS) is 13.8. The topological polar surface area (TPSA) is 61.8 Å². The molecule has 0 aromatic heterocycles. The van der Waals surface area contributed by atoms with Crippen molar-refractivity contribution in [3.8, 4) is 5.75 Å². The highest BCUT2D eigenvalue weighted by Gasteiger charge is 2.26. The van der Waals surface area contributed by atoms with Crippen LogP contribution in [0.1, 0.15) is 31.7 Å². The van der Waals surface area contributed by atoms with Crippen LogP contribution in [0.25, 0.3) is 0 Å². The predicted molar refractivity (Wildman–Crippen MR) is 87.4 cm³/mol. The first-order valence-electron chi connectivity index (χ1n) is 8.04. The van der Waals surface area contributed by atoms with Gasteiger partial charge in [-0.15, -0.1) is 0 Å². The number of hydrogen-bond acceptors (Lipinski definition) is 3. The van der Waals surface area contributed by atoms with Crippen LogP contribution in [0.3, 0.4) is 0 Å². The van der Waals surface area contributed by atoms with Gasteiger partial charge in [0, 0.05) is 13.1 Å². The fourth-order valence-corrected chi connectivity index (χ4v) is 2.27. The van der Waals surface area contributed by atoms with E-state index in [1.165, 1.54) is 12.8 Å². The van der Waals surface area contributed by atoms with Crippen LogP contribution in [0.15, 0.2) is 18.2 Å². The lowest BCUT2D eigenvalue weighted by Gasteiger charge is -2.23. The van der Waals surface area contributed by atoms with Gasteiger partial charge in [0.15, 0.2) is 0 Å². The molecule has 0 spiro atoms. The van der Waals surface area contributed by atoms with E-state index < -0.39 is 0 Å². The molecule has 0 atom stereocenters. The summed E-state index contributed by atoms with van der Waals surface area (Å²) in [5.74, 6) is 1.29. The fraction of sp³-hybridized carbons (Fsp3) is 0.588. The van der Waals surface area contributed by atoms with Crippen molar-refractivity contribution in [2.75, 3.05) is 31.6 Å². The molecule has 22 heavy (non-hydrogen) atoms. The highest BCUT2D eigenvalue weighted by Crippen LogP contribution is 2.30. The summed E-state index contributed by atoms with van der Waals surface area (Å²) in [7, 11) is 0. The average molecular weight is 306 g/mol. The standard InChI is InChI=1S/C17H26N2O3/c1-3-10-22-16-11-13(2)4-7-15(16)18-17(21)19(8-9-20)12-14-5-6-14/h4,7,11,14,20H,3,5-6,8-10,12H2,1-2H3,(H,18,21). The van der Waals surface area contributed by atoms with Crippen LogP contribution in [-0.4, -0.2) is 42.3 Å². The zero-order valence-corrected chi connectivity index (χ0v) is 13.5. The first kappa shape index (κ1) is 16.6. The highest BCUT2D eigenvalue weighted by atomic mass is 16.5. The Morgan fingerprint density at radius 1 is 1.45 bits per heavy atom. The summed E-state index contributed by atoms with van der Waals surface area (Å²) in [6, 6.07) is 5.58. The predicted octanol–water partition coefficient (Wildman–Crippen LogP) is 3.02. The second-order valence-corrected chi connectivity index (χ2v) is 5.89. The third-order valence-corrected chi connectivity index (χ3v) is 3.67. The number of carbonyl (C=O) groups excluding carboxylic acids is 1. The van der Waals surface area contributed by atoms with Crippen LogP contribution in [0.2, 0.25) is 0 Å². The minimum absolute atomic E-state index is 0.0206. The Morgan fingerprint density at radius 2 is 2.23 bits per heavy atom. The molecule has 1 aliphatic carbocycles. The van der Waals surface area contributed by atoms with Gasteiger partial charge in [-0.2, -0.15) is 0 Å². The zero-order chi connectivity index (χ0) is 15.9. The maximum absolute atomic E-state index is 12.4. The maximum atomic E-state index is 12.4. The van der Waals surface area contributed by atoms with E-state index in [0.717, 1.165) is 12.0 Å². The molecule has 2 amide bonds. The van der Waals surface area contributed by atoms with E-state index in [-0.39, 0.29) is 12.6 Å². The number of urea groups is 1. The number of ether oxygens (including phenoxy) is 1. The molecule has 0 heterocycles. The van der Waals surface area contributed by atoms with Gasteiger partial charge in [0.1, 0.15) is 5.75 Å². The van der Waals surface area contributed by atoms with Crippen molar-refractivity contribution in [1.29, 1.82) is 0 Å². The molecule has 1 aromatic rings. The van der Waals surface area contributed by atoms with Crippen LogP contribution in [0, 0.1) is 12.8 Å². The minimum atomic E-state index is -0.175. The second kappa shape index (κ2) is 8.03. The lowest BCUT2D eigenvalue weighted by molar-refractivity contribution is 0.185. The third-order valence-electron chi connectivity index (χ3n) is 3.67. The molecule has 5 nitrogen and oxygen atoms in total. The number of hydrogen-bond donors (Lipinski definition) is 2. The number of amides is 2.